The summed E-state index contributed by atoms with van der Waals surface area (Å²) in [5, 5.41) is 1.22. The van der Waals surface area contributed by atoms with Crippen LogP contribution in [0.2, 0.25) is 0 Å². The average Bonchev–Trinajstić information content (AvgIpc) is 4.01. The molecule has 2 nitrogen and oxygen atoms in total. The maximum absolute atomic E-state index is 2.46. The van der Waals surface area contributed by atoms with Crippen LogP contribution in [0.1, 0.15) is 33.4 Å². The first-order valence-electron chi connectivity index (χ1n) is 23.2. The molecule has 0 radical (unpaired) electrons. The zero-order valence-corrected chi connectivity index (χ0v) is 36.8. The van der Waals surface area contributed by atoms with E-state index in [1.165, 1.54) is 77.8 Å². The van der Waals surface area contributed by atoms with Gasteiger partial charge >= 0.3 is 0 Å². The van der Waals surface area contributed by atoms with E-state index in [1.54, 1.807) is 0 Å². The first-order chi connectivity index (χ1) is 33.3. The summed E-state index contributed by atoms with van der Waals surface area (Å²) in [5.74, 6) is 0. The van der Waals surface area contributed by atoms with Gasteiger partial charge in [-0.15, -0.1) is 0 Å². The Labute approximate surface area is 391 Å². The monoisotopic (exact) mass is 852 g/mol. The summed E-state index contributed by atoms with van der Waals surface area (Å²) in [6.45, 7) is 0. The molecule has 11 aromatic rings. The minimum Gasteiger partial charge on any atom is -0.310 e. The van der Waals surface area contributed by atoms with Crippen molar-refractivity contribution in [3.05, 3.63) is 288 Å². The summed E-state index contributed by atoms with van der Waals surface area (Å²) >= 11 is 0. The highest BCUT2D eigenvalue weighted by atomic mass is 15.1. The van der Waals surface area contributed by atoms with Gasteiger partial charge in [0.15, 0.2) is 0 Å². The number of para-hydroxylation sites is 2. The first-order valence-corrected chi connectivity index (χ1v) is 23.2. The topological polar surface area (TPSA) is 8.17 Å². The Bertz CT molecular complexity index is 3600. The standard InChI is InChI=1S/C65H44N2/c1-5-19-47(20-6-1)63-57-41-37-46(43-62(57)67(50-25-11-4-12-26-50)64(63)48-21-7-2-8-22-48)34-33-45-35-38-51(39-36-45)66(49-23-9-3-10-24-49)52-40-42-56-55-29-15-18-32-60(55)65(61(56)44-52)58-30-16-13-27-53(58)54-28-14-17-31-59(54)65/h1-44H/b34-33+. The molecule has 0 atom stereocenters. The van der Waals surface area contributed by atoms with E-state index in [0.29, 0.717) is 0 Å². The molecule has 2 aliphatic carbocycles. The van der Waals surface area contributed by atoms with Crippen molar-refractivity contribution >= 4 is 40.1 Å². The first kappa shape index (κ1) is 38.7. The van der Waals surface area contributed by atoms with Crippen molar-refractivity contribution in [3.63, 3.8) is 0 Å². The molecule has 314 valence electrons. The summed E-state index contributed by atoms with van der Waals surface area (Å²) in [6, 6.07) is 93.1. The van der Waals surface area contributed by atoms with Crippen LogP contribution in [0.5, 0.6) is 0 Å². The third-order valence-corrected chi connectivity index (χ3v) is 14.0. The maximum Gasteiger partial charge on any atom is 0.0726 e. The van der Waals surface area contributed by atoms with Gasteiger partial charge in [-0.3, -0.25) is 0 Å². The number of fused-ring (bicyclic) bond motifs is 11. The largest absolute Gasteiger partial charge is 0.310 e. The minimum atomic E-state index is -0.413. The molecule has 0 amide bonds. The molecule has 0 aliphatic heterocycles. The molecule has 0 fully saturated rings. The van der Waals surface area contributed by atoms with Crippen molar-refractivity contribution in [1.82, 2.24) is 4.57 Å². The van der Waals surface area contributed by atoms with E-state index in [2.05, 4.69) is 276 Å². The van der Waals surface area contributed by atoms with Gasteiger partial charge in [0.1, 0.15) is 0 Å². The Kier molecular flexibility index (Phi) is 9.11. The van der Waals surface area contributed by atoms with Crippen LogP contribution in [-0.4, -0.2) is 4.57 Å². The van der Waals surface area contributed by atoms with E-state index in [-0.39, 0.29) is 0 Å². The van der Waals surface area contributed by atoms with E-state index in [0.717, 1.165) is 33.9 Å². The third kappa shape index (κ3) is 6.11. The minimum absolute atomic E-state index is 0.413. The van der Waals surface area contributed by atoms with E-state index in [1.807, 2.05) is 0 Å². The second-order valence-corrected chi connectivity index (χ2v) is 17.6. The summed E-state index contributed by atoms with van der Waals surface area (Å²) in [6.07, 6.45) is 4.47. The lowest BCUT2D eigenvalue weighted by Crippen LogP contribution is -2.26. The molecule has 2 heteroatoms. The number of hydrogen-bond donors (Lipinski definition) is 0. The van der Waals surface area contributed by atoms with Gasteiger partial charge in [-0.2, -0.15) is 0 Å². The zero-order valence-electron chi connectivity index (χ0n) is 36.8. The second-order valence-electron chi connectivity index (χ2n) is 17.6. The molecule has 2 aliphatic rings. The van der Waals surface area contributed by atoms with Crippen LogP contribution in [0.25, 0.3) is 73.4 Å². The van der Waals surface area contributed by atoms with Crippen molar-refractivity contribution in [3.8, 4) is 50.3 Å². The Morgan fingerprint density at radius 1 is 0.343 bits per heavy atom. The smallest absolute Gasteiger partial charge is 0.0726 e. The number of rotatable bonds is 8. The molecule has 1 aromatic heterocycles. The van der Waals surface area contributed by atoms with Crippen molar-refractivity contribution in [1.29, 1.82) is 0 Å². The highest BCUT2D eigenvalue weighted by molar-refractivity contribution is 6.06. The molecule has 0 bridgehead atoms. The van der Waals surface area contributed by atoms with E-state index < -0.39 is 5.41 Å². The fourth-order valence-corrected chi connectivity index (χ4v) is 11.2. The zero-order chi connectivity index (χ0) is 44.3. The van der Waals surface area contributed by atoms with Gasteiger partial charge in [-0.05, 0) is 121 Å². The van der Waals surface area contributed by atoms with Gasteiger partial charge in [-0.1, -0.05) is 212 Å². The predicted molar refractivity (Wildman–Crippen MR) is 280 cm³/mol. The normalized spacial score (nSPS) is 12.8. The van der Waals surface area contributed by atoms with Crippen molar-refractivity contribution in [2.45, 2.75) is 5.41 Å². The van der Waals surface area contributed by atoms with Crippen molar-refractivity contribution in [2.75, 3.05) is 4.90 Å². The lowest BCUT2D eigenvalue weighted by molar-refractivity contribution is 0.793. The molecule has 13 rings (SSSR count). The number of anilines is 3. The molecule has 0 saturated heterocycles. The number of aromatic nitrogens is 1. The molecule has 0 N–H and O–H groups in total. The lowest BCUT2D eigenvalue weighted by atomic mass is 9.70. The van der Waals surface area contributed by atoms with E-state index >= 15 is 0 Å². The highest BCUT2D eigenvalue weighted by Gasteiger charge is 2.51. The molecule has 0 saturated carbocycles. The molecule has 67 heavy (non-hydrogen) atoms. The maximum atomic E-state index is 2.46. The number of nitrogens with zero attached hydrogens (tertiary/aromatic N) is 2. The van der Waals surface area contributed by atoms with Gasteiger partial charge in [0.05, 0.1) is 16.6 Å². The predicted octanol–water partition coefficient (Wildman–Crippen LogP) is 16.9. The van der Waals surface area contributed by atoms with Gasteiger partial charge in [-0.25, -0.2) is 0 Å². The van der Waals surface area contributed by atoms with Gasteiger partial charge in [0.2, 0.25) is 0 Å². The highest BCUT2D eigenvalue weighted by Crippen LogP contribution is 2.63. The fourth-order valence-electron chi connectivity index (χ4n) is 11.2. The van der Waals surface area contributed by atoms with Gasteiger partial charge in [0.25, 0.3) is 0 Å². The van der Waals surface area contributed by atoms with Crippen LogP contribution in [-0.2, 0) is 5.41 Å². The summed E-state index contributed by atoms with van der Waals surface area (Å²) in [5.41, 5.74) is 22.9. The molecule has 0 unspecified atom stereocenters. The van der Waals surface area contributed by atoms with Crippen LogP contribution < -0.4 is 4.90 Å². The second kappa shape index (κ2) is 15.8. The molecule has 10 aromatic carbocycles. The van der Waals surface area contributed by atoms with E-state index in [4.69, 9.17) is 0 Å². The molecule has 1 heterocycles. The summed E-state index contributed by atoms with van der Waals surface area (Å²) in [7, 11) is 0. The molecular weight excluding hydrogens is 809 g/mol. The Morgan fingerprint density at radius 2 is 0.806 bits per heavy atom. The average molecular weight is 853 g/mol. The van der Waals surface area contributed by atoms with Gasteiger partial charge in [0, 0.05) is 33.7 Å². The Balaban J connectivity index is 0.902. The van der Waals surface area contributed by atoms with Crippen LogP contribution in [0.3, 0.4) is 0 Å². The SMILES string of the molecule is C(=C\c1ccc2c(-c3ccccc3)c(-c3ccccc3)n(-c3ccccc3)c2c1)/c1ccc(N(c2ccccc2)c2ccc3c(c2)C2(c4ccccc4-c4ccccc42)c2ccccc2-3)cc1. The van der Waals surface area contributed by atoms with Crippen LogP contribution in [0.4, 0.5) is 17.1 Å². The van der Waals surface area contributed by atoms with E-state index in [9.17, 15) is 0 Å². The van der Waals surface area contributed by atoms with Crippen LogP contribution in [0.15, 0.2) is 255 Å². The quantitative estimate of drug-likeness (QED) is 0.138. The third-order valence-electron chi connectivity index (χ3n) is 14.0. The van der Waals surface area contributed by atoms with Gasteiger partial charge < -0.3 is 9.47 Å². The lowest BCUT2D eigenvalue weighted by Gasteiger charge is -2.32. The van der Waals surface area contributed by atoms with Crippen molar-refractivity contribution in [2.24, 2.45) is 0 Å². The Hall–Kier alpha value is -8.72. The molecular formula is C65H44N2. The summed E-state index contributed by atoms with van der Waals surface area (Å²) < 4.78 is 2.43. The summed E-state index contributed by atoms with van der Waals surface area (Å²) in [4.78, 5) is 2.40. The van der Waals surface area contributed by atoms with Crippen LogP contribution >= 0.6 is 0 Å². The Morgan fingerprint density at radius 3 is 1.42 bits per heavy atom. The van der Waals surface area contributed by atoms with Crippen LogP contribution in [0, 0.1) is 0 Å². The molecule has 1 spiro atoms. The number of benzene rings is 10. The van der Waals surface area contributed by atoms with Crippen molar-refractivity contribution < 1.29 is 0 Å². The fraction of sp³-hybridized carbons (Fsp3) is 0.0154. The number of hydrogen-bond acceptors (Lipinski definition) is 1.